The third-order valence-corrected chi connectivity index (χ3v) is 7.81. The minimum absolute atomic E-state index is 0.0600. The van der Waals surface area contributed by atoms with E-state index in [2.05, 4.69) is 0 Å². The van der Waals surface area contributed by atoms with Crippen molar-refractivity contribution in [1.29, 1.82) is 0 Å². The molecule has 29 heavy (non-hydrogen) atoms. The van der Waals surface area contributed by atoms with Gasteiger partial charge in [-0.2, -0.15) is 0 Å². The first-order valence-corrected chi connectivity index (χ1v) is 11.2. The topological polar surface area (TPSA) is 34.1 Å². The van der Waals surface area contributed by atoms with E-state index in [9.17, 15) is 9.59 Å². The lowest BCUT2D eigenvalue weighted by molar-refractivity contribution is 0.105. The number of aryl methyl sites for hydroxylation is 4. The maximum absolute atomic E-state index is 13.9. The van der Waals surface area contributed by atoms with Gasteiger partial charge in [0.25, 0.3) is 0 Å². The first kappa shape index (κ1) is 21.1. The van der Waals surface area contributed by atoms with Crippen molar-refractivity contribution in [2.75, 3.05) is 0 Å². The summed E-state index contributed by atoms with van der Waals surface area (Å²) in [6.45, 7) is 11.9. The summed E-state index contributed by atoms with van der Waals surface area (Å²) in [7, 11) is -1.70. The predicted molar refractivity (Wildman–Crippen MR) is 123 cm³/mol. The highest BCUT2D eigenvalue weighted by molar-refractivity contribution is 7.96. The van der Waals surface area contributed by atoms with E-state index in [0.29, 0.717) is 11.1 Å². The van der Waals surface area contributed by atoms with Crippen molar-refractivity contribution in [1.82, 2.24) is 0 Å². The van der Waals surface area contributed by atoms with Crippen molar-refractivity contribution in [3.63, 3.8) is 0 Å². The average Bonchev–Trinajstić information content (AvgIpc) is 2.69. The summed E-state index contributed by atoms with van der Waals surface area (Å²) in [4.78, 5) is 27.7. The fraction of sp³-hybridized carbons (Fsp3) is 0.231. The second kappa shape index (κ2) is 8.43. The van der Waals surface area contributed by atoms with Crippen molar-refractivity contribution in [3.05, 3.63) is 99.1 Å². The number of carbonyl (C=O) groups is 2. The molecule has 0 N–H and O–H groups in total. The Bertz CT molecular complexity index is 1030. The lowest BCUT2D eigenvalue weighted by atomic mass is 9.99. The van der Waals surface area contributed by atoms with Gasteiger partial charge in [-0.25, -0.2) is 0 Å². The molecule has 3 aromatic rings. The quantitative estimate of drug-likeness (QED) is 0.468. The Morgan fingerprint density at radius 2 is 0.931 bits per heavy atom. The fourth-order valence-corrected chi connectivity index (χ4v) is 5.95. The van der Waals surface area contributed by atoms with Crippen molar-refractivity contribution >= 4 is 24.3 Å². The van der Waals surface area contributed by atoms with E-state index in [1.807, 2.05) is 96.1 Å². The zero-order valence-corrected chi connectivity index (χ0v) is 18.9. The number of benzene rings is 3. The van der Waals surface area contributed by atoms with Crippen molar-refractivity contribution in [2.45, 2.75) is 41.5 Å². The van der Waals surface area contributed by atoms with Crippen LogP contribution >= 0.6 is 7.92 Å². The molecule has 0 fully saturated rings. The van der Waals surface area contributed by atoms with Gasteiger partial charge in [-0.15, -0.1) is 0 Å². The zero-order valence-electron chi connectivity index (χ0n) is 18.0. The highest BCUT2D eigenvalue weighted by Gasteiger charge is 2.33. The van der Waals surface area contributed by atoms with E-state index in [-0.39, 0.29) is 11.0 Å². The summed E-state index contributed by atoms with van der Waals surface area (Å²) in [6, 6.07) is 17.5. The normalized spacial score (nSPS) is 11.0. The van der Waals surface area contributed by atoms with Crippen LogP contribution in [0.15, 0.2) is 54.6 Å². The molecule has 0 bridgehead atoms. The molecule has 0 atom stereocenters. The summed E-state index contributed by atoms with van der Waals surface area (Å²) in [5.41, 5.74) is 7.17. The first-order valence-electron chi connectivity index (χ1n) is 9.81. The monoisotopic (exact) mass is 402 g/mol. The van der Waals surface area contributed by atoms with Gasteiger partial charge >= 0.3 is 0 Å². The molecule has 0 unspecified atom stereocenters. The second-order valence-electron chi connectivity index (χ2n) is 7.68. The third-order valence-electron chi connectivity index (χ3n) is 5.74. The van der Waals surface area contributed by atoms with Gasteiger partial charge in [0.05, 0.1) is 7.92 Å². The Hall–Kier alpha value is -2.57. The highest BCUT2D eigenvalue weighted by atomic mass is 31.1. The van der Waals surface area contributed by atoms with Gasteiger partial charge in [-0.3, -0.25) is 9.59 Å². The lowest BCUT2D eigenvalue weighted by Gasteiger charge is -2.21. The molecule has 0 saturated heterocycles. The summed E-state index contributed by atoms with van der Waals surface area (Å²) in [5.74, 6) is 0. The maximum atomic E-state index is 13.9. The van der Waals surface area contributed by atoms with Gasteiger partial charge in [-0.05, 0) is 80.2 Å². The lowest BCUT2D eigenvalue weighted by Crippen LogP contribution is -2.19. The van der Waals surface area contributed by atoms with E-state index in [1.54, 1.807) is 0 Å². The zero-order chi connectivity index (χ0) is 21.3. The molecule has 3 aromatic carbocycles. The largest absolute Gasteiger partial charge is 0.288 e. The van der Waals surface area contributed by atoms with Gasteiger partial charge in [0.15, 0.2) is 11.0 Å². The van der Waals surface area contributed by atoms with Gasteiger partial charge < -0.3 is 0 Å². The molecule has 0 heterocycles. The molecule has 0 radical (unpaired) electrons. The smallest absolute Gasteiger partial charge is 0.197 e. The predicted octanol–water partition coefficient (Wildman–Crippen LogP) is 6.33. The molecule has 2 nitrogen and oxygen atoms in total. The molecular formula is C26H27O2P. The SMILES string of the molecule is Cc1ccc(C)c(C(=O)P(C(=O)c2c(C)ccc(C)c2C)c2ccccc2)c1C. The van der Waals surface area contributed by atoms with Gasteiger partial charge in [-0.1, -0.05) is 54.6 Å². The maximum Gasteiger partial charge on any atom is 0.197 e. The van der Waals surface area contributed by atoms with Crippen LogP contribution < -0.4 is 5.30 Å². The molecule has 3 rings (SSSR count). The van der Waals surface area contributed by atoms with Gasteiger partial charge in [0.2, 0.25) is 0 Å². The van der Waals surface area contributed by atoms with Crippen LogP contribution in [-0.4, -0.2) is 11.0 Å². The summed E-state index contributed by atoms with van der Waals surface area (Å²) in [6.07, 6.45) is 0. The fourth-order valence-electron chi connectivity index (χ4n) is 3.69. The van der Waals surface area contributed by atoms with Crippen LogP contribution in [-0.2, 0) is 0 Å². The Labute approximate surface area is 174 Å². The Balaban J connectivity index is 2.23. The molecule has 3 heteroatoms. The average molecular weight is 402 g/mol. The van der Waals surface area contributed by atoms with Crippen LogP contribution in [0.5, 0.6) is 0 Å². The third kappa shape index (κ3) is 3.95. The van der Waals surface area contributed by atoms with E-state index in [0.717, 1.165) is 38.7 Å². The Morgan fingerprint density at radius 1 is 0.552 bits per heavy atom. The number of hydrogen-bond acceptors (Lipinski definition) is 2. The minimum Gasteiger partial charge on any atom is -0.288 e. The van der Waals surface area contributed by atoms with Crippen molar-refractivity contribution in [3.8, 4) is 0 Å². The van der Waals surface area contributed by atoms with Crippen LogP contribution in [0, 0.1) is 41.5 Å². The highest BCUT2D eigenvalue weighted by Crippen LogP contribution is 2.45. The summed E-state index contributed by atoms with van der Waals surface area (Å²) >= 11 is 0. The number of hydrogen-bond donors (Lipinski definition) is 0. The second-order valence-corrected chi connectivity index (χ2v) is 9.68. The molecule has 0 amide bonds. The van der Waals surface area contributed by atoms with Crippen LogP contribution in [0.1, 0.15) is 54.1 Å². The van der Waals surface area contributed by atoms with Gasteiger partial charge in [0, 0.05) is 11.1 Å². The molecule has 0 saturated carbocycles. The number of rotatable bonds is 5. The standard InChI is InChI=1S/C26H27O2P/c1-16-12-14-18(3)23(20(16)5)25(27)29(22-10-8-7-9-11-22)26(28)24-19(4)15-13-17(2)21(24)6/h7-15H,1-6H3. The van der Waals surface area contributed by atoms with Crippen LogP contribution in [0.2, 0.25) is 0 Å². The molecule has 0 aromatic heterocycles. The van der Waals surface area contributed by atoms with E-state index in [1.165, 1.54) is 0 Å². The van der Waals surface area contributed by atoms with Crippen LogP contribution in [0.25, 0.3) is 0 Å². The Morgan fingerprint density at radius 3 is 1.34 bits per heavy atom. The molecule has 0 spiro atoms. The van der Waals surface area contributed by atoms with E-state index < -0.39 is 7.92 Å². The number of carbonyl (C=O) groups excluding carboxylic acids is 2. The van der Waals surface area contributed by atoms with E-state index in [4.69, 9.17) is 0 Å². The molecule has 0 aliphatic carbocycles. The molecule has 0 aliphatic heterocycles. The minimum atomic E-state index is -1.70. The molecular weight excluding hydrogens is 375 g/mol. The summed E-state index contributed by atoms with van der Waals surface area (Å²) in [5, 5.41) is 0.804. The van der Waals surface area contributed by atoms with Gasteiger partial charge in [0.1, 0.15) is 0 Å². The van der Waals surface area contributed by atoms with Crippen LogP contribution in [0.4, 0.5) is 0 Å². The van der Waals surface area contributed by atoms with E-state index >= 15 is 0 Å². The Kier molecular flexibility index (Phi) is 6.15. The van der Waals surface area contributed by atoms with Crippen LogP contribution in [0.3, 0.4) is 0 Å². The summed E-state index contributed by atoms with van der Waals surface area (Å²) < 4.78 is 0. The first-order chi connectivity index (χ1) is 13.7. The molecule has 148 valence electrons. The van der Waals surface area contributed by atoms with Crippen molar-refractivity contribution in [2.24, 2.45) is 0 Å². The van der Waals surface area contributed by atoms with Crippen molar-refractivity contribution < 1.29 is 9.59 Å². The molecule has 0 aliphatic rings.